The third kappa shape index (κ3) is 2.78. The fourth-order valence-corrected chi connectivity index (χ4v) is 3.16. The Hall–Kier alpha value is -2.44. The maximum absolute atomic E-state index is 12.0. The van der Waals surface area contributed by atoms with E-state index in [1.54, 1.807) is 17.1 Å². The molecule has 0 bridgehead atoms. The molecule has 1 saturated heterocycles. The molecular formula is C16H20N6O. The highest BCUT2D eigenvalue weighted by Crippen LogP contribution is 2.31. The summed E-state index contributed by atoms with van der Waals surface area (Å²) in [6, 6.07) is 2.58. The fraction of sp³-hybridized carbons (Fsp3) is 0.500. The Morgan fingerprint density at radius 2 is 2.09 bits per heavy atom. The van der Waals surface area contributed by atoms with Crippen LogP contribution in [-0.2, 0) is 4.79 Å². The van der Waals surface area contributed by atoms with Crippen molar-refractivity contribution in [3.63, 3.8) is 0 Å². The van der Waals surface area contributed by atoms with Crippen LogP contribution < -0.4 is 5.32 Å². The predicted molar refractivity (Wildman–Crippen MR) is 85.4 cm³/mol. The van der Waals surface area contributed by atoms with Gasteiger partial charge in [-0.05, 0) is 32.8 Å². The van der Waals surface area contributed by atoms with Crippen molar-refractivity contribution in [3.05, 3.63) is 29.8 Å². The summed E-state index contributed by atoms with van der Waals surface area (Å²) in [6.45, 7) is 4.70. The number of hydrogen-bond donors (Lipinski definition) is 1. The zero-order valence-electron chi connectivity index (χ0n) is 13.4. The van der Waals surface area contributed by atoms with Gasteiger partial charge in [0.25, 0.3) is 0 Å². The number of likely N-dealkylation sites (tertiary alicyclic amines) is 1. The molecule has 2 aromatic heterocycles. The molecule has 7 heteroatoms. The fourth-order valence-electron chi connectivity index (χ4n) is 3.16. The lowest BCUT2D eigenvalue weighted by Gasteiger charge is -2.16. The van der Waals surface area contributed by atoms with Gasteiger partial charge in [0.2, 0.25) is 5.91 Å². The molecule has 0 aromatic carbocycles. The van der Waals surface area contributed by atoms with Crippen LogP contribution in [0.3, 0.4) is 0 Å². The van der Waals surface area contributed by atoms with Crippen molar-refractivity contribution in [3.8, 4) is 5.82 Å². The largest absolute Gasteiger partial charge is 0.364 e. The number of aryl methyl sites for hydroxylation is 2. The van der Waals surface area contributed by atoms with Gasteiger partial charge in [-0.1, -0.05) is 0 Å². The SMILES string of the molecule is Cc1cc(C)n(-c2cncc(NC3CC(=O)N(C4CC4)C3)n2)n1. The van der Waals surface area contributed by atoms with E-state index in [2.05, 4.69) is 20.4 Å². The van der Waals surface area contributed by atoms with E-state index < -0.39 is 0 Å². The van der Waals surface area contributed by atoms with E-state index in [0.29, 0.717) is 24.1 Å². The second-order valence-electron chi connectivity index (χ2n) is 6.42. The molecule has 2 fully saturated rings. The van der Waals surface area contributed by atoms with Crippen molar-refractivity contribution in [2.24, 2.45) is 0 Å². The molecule has 1 atom stereocenters. The lowest BCUT2D eigenvalue weighted by Crippen LogP contribution is -2.30. The van der Waals surface area contributed by atoms with E-state index in [0.717, 1.165) is 30.8 Å². The number of nitrogens with one attached hydrogen (secondary N) is 1. The molecule has 1 aliphatic heterocycles. The minimum atomic E-state index is 0.105. The second-order valence-corrected chi connectivity index (χ2v) is 6.42. The van der Waals surface area contributed by atoms with Crippen LogP contribution in [0, 0.1) is 13.8 Å². The van der Waals surface area contributed by atoms with Crippen LogP contribution in [0.5, 0.6) is 0 Å². The van der Waals surface area contributed by atoms with E-state index in [-0.39, 0.29) is 11.9 Å². The van der Waals surface area contributed by atoms with Crippen LogP contribution in [-0.4, -0.2) is 49.2 Å². The van der Waals surface area contributed by atoms with Gasteiger partial charge in [0.05, 0.1) is 24.1 Å². The molecule has 2 aromatic rings. The van der Waals surface area contributed by atoms with Crippen molar-refractivity contribution >= 4 is 11.7 Å². The van der Waals surface area contributed by atoms with Gasteiger partial charge in [-0.25, -0.2) is 9.67 Å². The summed E-state index contributed by atoms with van der Waals surface area (Å²) in [4.78, 5) is 22.9. The quantitative estimate of drug-likeness (QED) is 0.925. The van der Waals surface area contributed by atoms with Crippen LogP contribution in [0.2, 0.25) is 0 Å². The molecule has 1 N–H and O–H groups in total. The molecule has 4 rings (SSSR count). The van der Waals surface area contributed by atoms with Crippen LogP contribution >= 0.6 is 0 Å². The molecule has 1 aliphatic carbocycles. The first-order valence-corrected chi connectivity index (χ1v) is 8.02. The van der Waals surface area contributed by atoms with Crippen molar-refractivity contribution in [1.29, 1.82) is 0 Å². The summed E-state index contributed by atoms with van der Waals surface area (Å²) in [5.74, 6) is 1.61. The molecule has 1 saturated carbocycles. The summed E-state index contributed by atoms with van der Waals surface area (Å²) >= 11 is 0. The van der Waals surface area contributed by atoms with E-state index in [1.807, 2.05) is 24.8 Å². The van der Waals surface area contributed by atoms with E-state index in [1.165, 1.54) is 0 Å². The second kappa shape index (κ2) is 5.33. The molecule has 1 unspecified atom stereocenters. The average molecular weight is 312 g/mol. The Labute approximate surface area is 134 Å². The summed E-state index contributed by atoms with van der Waals surface area (Å²) in [6.07, 6.45) is 6.21. The first-order chi connectivity index (χ1) is 11.1. The Morgan fingerprint density at radius 1 is 1.26 bits per heavy atom. The number of carbonyl (C=O) groups is 1. The summed E-state index contributed by atoms with van der Waals surface area (Å²) in [5, 5.41) is 7.78. The number of aromatic nitrogens is 4. The normalized spacial score (nSPS) is 21.0. The number of amides is 1. The topological polar surface area (TPSA) is 75.9 Å². The lowest BCUT2D eigenvalue weighted by atomic mass is 10.2. The average Bonchev–Trinajstić information content (AvgIpc) is 3.21. The lowest BCUT2D eigenvalue weighted by molar-refractivity contribution is -0.128. The molecule has 120 valence electrons. The van der Waals surface area contributed by atoms with Gasteiger partial charge in [0, 0.05) is 24.7 Å². The number of anilines is 1. The highest BCUT2D eigenvalue weighted by Gasteiger charge is 2.39. The number of hydrogen-bond acceptors (Lipinski definition) is 5. The molecule has 0 radical (unpaired) electrons. The summed E-state index contributed by atoms with van der Waals surface area (Å²) in [7, 11) is 0. The van der Waals surface area contributed by atoms with Crippen molar-refractivity contribution < 1.29 is 4.79 Å². The van der Waals surface area contributed by atoms with Gasteiger partial charge in [0.1, 0.15) is 5.82 Å². The van der Waals surface area contributed by atoms with Gasteiger partial charge >= 0.3 is 0 Å². The van der Waals surface area contributed by atoms with Crippen LogP contribution in [0.25, 0.3) is 5.82 Å². The minimum absolute atomic E-state index is 0.105. The number of nitrogens with zero attached hydrogens (tertiary/aromatic N) is 5. The summed E-state index contributed by atoms with van der Waals surface area (Å²) < 4.78 is 1.78. The van der Waals surface area contributed by atoms with Crippen LogP contribution in [0.15, 0.2) is 18.5 Å². The highest BCUT2D eigenvalue weighted by atomic mass is 16.2. The maximum Gasteiger partial charge on any atom is 0.225 e. The van der Waals surface area contributed by atoms with Gasteiger partial charge in [-0.15, -0.1) is 0 Å². The Bertz CT molecular complexity index is 751. The zero-order valence-corrected chi connectivity index (χ0v) is 13.4. The van der Waals surface area contributed by atoms with Crippen molar-refractivity contribution in [2.45, 2.75) is 45.2 Å². The first kappa shape index (κ1) is 14.2. The molecule has 3 heterocycles. The molecular weight excluding hydrogens is 292 g/mol. The van der Waals surface area contributed by atoms with Crippen molar-refractivity contribution in [1.82, 2.24) is 24.6 Å². The van der Waals surface area contributed by atoms with Crippen LogP contribution in [0.4, 0.5) is 5.82 Å². The molecule has 2 aliphatic rings. The maximum atomic E-state index is 12.0. The van der Waals surface area contributed by atoms with Crippen LogP contribution in [0.1, 0.15) is 30.7 Å². The smallest absolute Gasteiger partial charge is 0.225 e. The number of rotatable bonds is 4. The standard InChI is InChI=1S/C16H20N6O/c1-10-5-11(2)22(20-10)15-8-17-7-14(19-15)18-12-6-16(23)21(9-12)13-3-4-13/h5,7-8,12-13H,3-4,6,9H2,1-2H3,(H,18,19). The Kier molecular flexibility index (Phi) is 3.28. The Morgan fingerprint density at radius 3 is 2.78 bits per heavy atom. The van der Waals surface area contributed by atoms with E-state index >= 15 is 0 Å². The third-order valence-corrected chi connectivity index (χ3v) is 4.35. The molecule has 23 heavy (non-hydrogen) atoms. The summed E-state index contributed by atoms with van der Waals surface area (Å²) in [5.41, 5.74) is 1.97. The van der Waals surface area contributed by atoms with Gasteiger partial charge in [0.15, 0.2) is 5.82 Å². The molecule has 1 amide bonds. The van der Waals surface area contributed by atoms with Crippen molar-refractivity contribution in [2.75, 3.05) is 11.9 Å². The third-order valence-electron chi connectivity index (χ3n) is 4.35. The first-order valence-electron chi connectivity index (χ1n) is 8.02. The minimum Gasteiger partial charge on any atom is -0.364 e. The molecule has 7 nitrogen and oxygen atoms in total. The monoisotopic (exact) mass is 312 g/mol. The number of carbonyl (C=O) groups excluding carboxylic acids is 1. The van der Waals surface area contributed by atoms with E-state index in [4.69, 9.17) is 0 Å². The highest BCUT2D eigenvalue weighted by molar-refractivity contribution is 5.80. The zero-order chi connectivity index (χ0) is 16.0. The molecule has 0 spiro atoms. The Balaban J connectivity index is 1.51. The van der Waals surface area contributed by atoms with Gasteiger partial charge in [-0.2, -0.15) is 5.10 Å². The van der Waals surface area contributed by atoms with Gasteiger partial charge in [-0.3, -0.25) is 9.78 Å². The van der Waals surface area contributed by atoms with E-state index in [9.17, 15) is 4.79 Å². The van der Waals surface area contributed by atoms with Gasteiger partial charge < -0.3 is 10.2 Å². The predicted octanol–water partition coefficient (Wildman–Crippen LogP) is 1.45.